The van der Waals surface area contributed by atoms with Gasteiger partial charge in [0, 0.05) is 18.0 Å². The minimum Gasteiger partial charge on any atom is -0.353 e. The highest BCUT2D eigenvalue weighted by Crippen LogP contribution is 2.30. The zero-order valence-electron chi connectivity index (χ0n) is 11.5. The van der Waals surface area contributed by atoms with Gasteiger partial charge in [0.15, 0.2) is 0 Å². The van der Waals surface area contributed by atoms with Crippen molar-refractivity contribution in [2.45, 2.75) is 64.2 Å². The van der Waals surface area contributed by atoms with E-state index in [-0.39, 0.29) is 23.8 Å². The Morgan fingerprint density at radius 1 is 1.37 bits per heavy atom. The fraction of sp³-hybridized carbons (Fsp3) is 0.923. The van der Waals surface area contributed by atoms with E-state index in [1.54, 1.807) is 6.92 Å². The SMILES string of the molecule is CC(CC(F)(F)F)NC(=O)C(C)C1CCCC(N)C1. The van der Waals surface area contributed by atoms with Crippen LogP contribution in [-0.2, 0) is 4.79 Å². The predicted molar refractivity (Wildman–Crippen MR) is 67.4 cm³/mol. The second kappa shape index (κ2) is 6.59. The third kappa shape index (κ3) is 5.80. The number of nitrogens with one attached hydrogen (secondary N) is 1. The van der Waals surface area contributed by atoms with E-state index < -0.39 is 18.6 Å². The van der Waals surface area contributed by atoms with Crippen LogP contribution in [0.15, 0.2) is 0 Å². The summed E-state index contributed by atoms with van der Waals surface area (Å²) in [6, 6.07) is -0.770. The van der Waals surface area contributed by atoms with Crippen LogP contribution in [-0.4, -0.2) is 24.2 Å². The molecule has 1 amide bonds. The number of hydrogen-bond acceptors (Lipinski definition) is 2. The Labute approximate surface area is 112 Å². The number of nitrogens with two attached hydrogens (primary N) is 1. The van der Waals surface area contributed by atoms with Crippen LogP contribution in [0.5, 0.6) is 0 Å². The summed E-state index contributed by atoms with van der Waals surface area (Å²) >= 11 is 0. The van der Waals surface area contributed by atoms with E-state index in [1.807, 2.05) is 0 Å². The van der Waals surface area contributed by atoms with Crippen molar-refractivity contribution in [1.29, 1.82) is 0 Å². The Morgan fingerprint density at radius 3 is 2.53 bits per heavy atom. The van der Waals surface area contributed by atoms with Gasteiger partial charge in [0.1, 0.15) is 0 Å². The Morgan fingerprint density at radius 2 is 2.00 bits per heavy atom. The average Bonchev–Trinajstić information content (AvgIpc) is 2.25. The number of rotatable bonds is 4. The molecule has 0 spiro atoms. The van der Waals surface area contributed by atoms with Crippen LogP contribution in [0.25, 0.3) is 0 Å². The molecule has 0 saturated heterocycles. The maximum Gasteiger partial charge on any atom is 0.391 e. The summed E-state index contributed by atoms with van der Waals surface area (Å²) < 4.78 is 36.6. The number of hydrogen-bond donors (Lipinski definition) is 2. The van der Waals surface area contributed by atoms with Crippen molar-refractivity contribution < 1.29 is 18.0 Å². The molecule has 0 aromatic carbocycles. The molecule has 4 atom stereocenters. The van der Waals surface area contributed by atoms with Crippen molar-refractivity contribution in [3.05, 3.63) is 0 Å². The molecular weight excluding hydrogens is 257 g/mol. The van der Waals surface area contributed by atoms with Gasteiger partial charge < -0.3 is 11.1 Å². The van der Waals surface area contributed by atoms with E-state index in [1.165, 1.54) is 6.92 Å². The summed E-state index contributed by atoms with van der Waals surface area (Å²) in [5, 5.41) is 2.45. The predicted octanol–water partition coefficient (Wildman–Crippen LogP) is 2.60. The molecule has 0 aromatic heterocycles. The average molecular weight is 280 g/mol. The highest BCUT2D eigenvalue weighted by atomic mass is 19.4. The first-order valence-electron chi connectivity index (χ1n) is 6.81. The fourth-order valence-electron chi connectivity index (χ4n) is 2.71. The second-order valence-corrected chi connectivity index (χ2v) is 5.70. The minimum atomic E-state index is -4.25. The largest absolute Gasteiger partial charge is 0.391 e. The normalized spacial score (nSPS) is 27.7. The first-order chi connectivity index (χ1) is 8.69. The molecule has 6 heteroatoms. The standard InChI is InChI=1S/C13H23F3N2O/c1-8(7-13(14,15)16)18-12(19)9(2)10-4-3-5-11(17)6-10/h8-11H,3-7,17H2,1-2H3,(H,18,19). The number of halogens is 3. The summed E-state index contributed by atoms with van der Waals surface area (Å²) in [7, 11) is 0. The van der Waals surface area contributed by atoms with E-state index in [0.717, 1.165) is 25.7 Å². The zero-order chi connectivity index (χ0) is 14.6. The lowest BCUT2D eigenvalue weighted by Crippen LogP contribution is -2.42. The van der Waals surface area contributed by atoms with Crippen LogP contribution in [0.3, 0.4) is 0 Å². The molecule has 19 heavy (non-hydrogen) atoms. The lowest BCUT2D eigenvalue weighted by molar-refractivity contribution is -0.142. The van der Waals surface area contributed by atoms with Crippen molar-refractivity contribution in [3.63, 3.8) is 0 Å². The zero-order valence-corrected chi connectivity index (χ0v) is 11.5. The monoisotopic (exact) mass is 280 g/mol. The smallest absolute Gasteiger partial charge is 0.353 e. The van der Waals surface area contributed by atoms with Gasteiger partial charge in [0.05, 0.1) is 6.42 Å². The molecular formula is C13H23F3N2O. The molecule has 1 fully saturated rings. The van der Waals surface area contributed by atoms with Crippen molar-refractivity contribution in [3.8, 4) is 0 Å². The molecule has 3 nitrogen and oxygen atoms in total. The molecule has 0 aromatic rings. The lowest BCUT2D eigenvalue weighted by atomic mass is 9.78. The molecule has 0 bridgehead atoms. The van der Waals surface area contributed by atoms with Crippen LogP contribution in [0.2, 0.25) is 0 Å². The topological polar surface area (TPSA) is 55.1 Å². The lowest BCUT2D eigenvalue weighted by Gasteiger charge is -2.31. The van der Waals surface area contributed by atoms with Crippen molar-refractivity contribution in [2.75, 3.05) is 0 Å². The van der Waals surface area contributed by atoms with E-state index in [9.17, 15) is 18.0 Å². The van der Waals surface area contributed by atoms with Crippen LogP contribution in [0.1, 0.15) is 46.0 Å². The summed E-state index contributed by atoms with van der Waals surface area (Å²) in [6.07, 6.45) is -1.58. The number of carbonyl (C=O) groups is 1. The third-order valence-corrected chi connectivity index (χ3v) is 3.80. The van der Waals surface area contributed by atoms with Crippen molar-refractivity contribution >= 4 is 5.91 Å². The maximum atomic E-state index is 12.2. The Kier molecular flexibility index (Phi) is 5.64. The molecule has 1 aliphatic rings. The number of alkyl halides is 3. The Hall–Kier alpha value is -0.780. The Bertz CT molecular complexity index is 307. The number of carbonyl (C=O) groups excluding carboxylic acids is 1. The summed E-state index contributed by atoms with van der Waals surface area (Å²) in [5.74, 6) is -0.389. The van der Waals surface area contributed by atoms with Gasteiger partial charge in [0.25, 0.3) is 0 Å². The highest BCUT2D eigenvalue weighted by Gasteiger charge is 2.33. The molecule has 112 valence electrons. The molecule has 0 heterocycles. The quantitative estimate of drug-likeness (QED) is 0.831. The molecule has 3 N–H and O–H groups in total. The van der Waals surface area contributed by atoms with Gasteiger partial charge in [-0.3, -0.25) is 4.79 Å². The summed E-state index contributed by atoms with van der Waals surface area (Å²) in [5.41, 5.74) is 5.87. The molecule has 4 unspecified atom stereocenters. The molecule has 0 aliphatic heterocycles. The third-order valence-electron chi connectivity index (χ3n) is 3.80. The van der Waals surface area contributed by atoms with E-state index >= 15 is 0 Å². The molecule has 1 aliphatic carbocycles. The van der Waals surface area contributed by atoms with Crippen molar-refractivity contribution in [2.24, 2.45) is 17.6 Å². The van der Waals surface area contributed by atoms with Gasteiger partial charge in [-0.2, -0.15) is 13.2 Å². The molecule has 1 saturated carbocycles. The van der Waals surface area contributed by atoms with Crippen LogP contribution in [0, 0.1) is 11.8 Å². The van der Waals surface area contributed by atoms with Gasteiger partial charge >= 0.3 is 6.18 Å². The van der Waals surface area contributed by atoms with E-state index in [0.29, 0.717) is 0 Å². The van der Waals surface area contributed by atoms with Gasteiger partial charge in [0.2, 0.25) is 5.91 Å². The first-order valence-corrected chi connectivity index (χ1v) is 6.81. The fourth-order valence-corrected chi connectivity index (χ4v) is 2.71. The van der Waals surface area contributed by atoms with Gasteiger partial charge in [-0.25, -0.2) is 0 Å². The minimum absolute atomic E-state index is 0.113. The molecule has 1 rings (SSSR count). The Balaban J connectivity index is 2.43. The first kappa shape index (κ1) is 16.3. The van der Waals surface area contributed by atoms with Gasteiger partial charge in [-0.05, 0) is 32.1 Å². The summed E-state index contributed by atoms with van der Waals surface area (Å²) in [6.45, 7) is 3.16. The van der Waals surface area contributed by atoms with Crippen LogP contribution >= 0.6 is 0 Å². The number of amides is 1. The van der Waals surface area contributed by atoms with Gasteiger partial charge in [-0.15, -0.1) is 0 Å². The summed E-state index contributed by atoms with van der Waals surface area (Å²) in [4.78, 5) is 11.9. The van der Waals surface area contributed by atoms with Crippen LogP contribution in [0.4, 0.5) is 13.2 Å². The maximum absolute atomic E-state index is 12.2. The van der Waals surface area contributed by atoms with E-state index in [4.69, 9.17) is 5.73 Å². The van der Waals surface area contributed by atoms with Crippen LogP contribution < -0.4 is 11.1 Å². The highest BCUT2D eigenvalue weighted by molar-refractivity contribution is 5.78. The second-order valence-electron chi connectivity index (χ2n) is 5.70. The van der Waals surface area contributed by atoms with Crippen molar-refractivity contribution in [1.82, 2.24) is 5.32 Å². The van der Waals surface area contributed by atoms with E-state index in [2.05, 4.69) is 5.32 Å². The van der Waals surface area contributed by atoms with Gasteiger partial charge in [-0.1, -0.05) is 13.3 Å². The molecule has 0 radical (unpaired) electrons.